The van der Waals surface area contributed by atoms with Crippen LogP contribution in [0.5, 0.6) is 0 Å². The molecule has 3 rings (SSSR count). The summed E-state index contributed by atoms with van der Waals surface area (Å²) in [7, 11) is 0. The Kier molecular flexibility index (Phi) is 6.48. The van der Waals surface area contributed by atoms with Gasteiger partial charge < -0.3 is 5.32 Å². The first kappa shape index (κ1) is 20.9. The molecule has 1 fully saturated rings. The Hall–Kier alpha value is -1.82. The minimum Gasteiger partial charge on any atom is -0.353 e. The Labute approximate surface area is 171 Å². The van der Waals surface area contributed by atoms with Crippen molar-refractivity contribution in [3.63, 3.8) is 0 Å². The second kappa shape index (κ2) is 8.68. The molecule has 28 heavy (non-hydrogen) atoms. The molecule has 0 aliphatic heterocycles. The Balaban J connectivity index is 2.07. The fraction of sp³-hybridized carbons (Fsp3) is 0.591. The minimum atomic E-state index is -0.321. The maximum absolute atomic E-state index is 13.4. The highest BCUT2D eigenvalue weighted by atomic mass is 32.2. The number of thioether (sulfide) groups is 1. The quantitative estimate of drug-likeness (QED) is 0.596. The average Bonchev–Trinajstić information content (AvgIpc) is 2.64. The van der Waals surface area contributed by atoms with E-state index in [1.54, 1.807) is 0 Å². The van der Waals surface area contributed by atoms with Crippen molar-refractivity contribution in [3.8, 4) is 0 Å². The van der Waals surface area contributed by atoms with Gasteiger partial charge in [-0.25, -0.2) is 4.98 Å². The van der Waals surface area contributed by atoms with Gasteiger partial charge >= 0.3 is 0 Å². The highest BCUT2D eigenvalue weighted by Crippen LogP contribution is 2.39. The monoisotopic (exact) mass is 401 g/mol. The van der Waals surface area contributed by atoms with Gasteiger partial charge in [0.1, 0.15) is 0 Å². The molecule has 1 aliphatic carbocycles. The van der Waals surface area contributed by atoms with Crippen LogP contribution in [-0.4, -0.2) is 26.8 Å². The van der Waals surface area contributed by atoms with Crippen LogP contribution in [0.1, 0.15) is 59.9 Å². The second-order valence-electron chi connectivity index (χ2n) is 8.34. The van der Waals surface area contributed by atoms with Crippen LogP contribution in [0.4, 0.5) is 0 Å². The van der Waals surface area contributed by atoms with Gasteiger partial charge in [0.05, 0.1) is 16.2 Å². The van der Waals surface area contributed by atoms with Crippen LogP contribution in [0.3, 0.4) is 0 Å². The molecule has 0 saturated heterocycles. The zero-order valence-electron chi connectivity index (χ0n) is 17.4. The number of rotatable bonds is 5. The molecule has 0 unspecified atom stereocenters. The van der Waals surface area contributed by atoms with Crippen LogP contribution < -0.4 is 10.9 Å². The van der Waals surface area contributed by atoms with Gasteiger partial charge in [-0.2, -0.15) is 0 Å². The number of carbonyl (C=O) groups excluding carboxylic acids is 1. The van der Waals surface area contributed by atoms with E-state index in [0.717, 1.165) is 12.8 Å². The number of amides is 1. The molecule has 0 bridgehead atoms. The van der Waals surface area contributed by atoms with Gasteiger partial charge in [-0.3, -0.25) is 14.2 Å². The van der Waals surface area contributed by atoms with Crippen molar-refractivity contribution in [1.82, 2.24) is 14.9 Å². The van der Waals surface area contributed by atoms with Gasteiger partial charge in [0.15, 0.2) is 5.16 Å². The highest BCUT2D eigenvalue weighted by Gasteiger charge is 2.32. The number of nitrogens with one attached hydrogen (secondary N) is 1. The lowest BCUT2D eigenvalue weighted by molar-refractivity contribution is -0.120. The fourth-order valence-electron chi connectivity index (χ4n) is 4.03. The van der Waals surface area contributed by atoms with Crippen LogP contribution in [-0.2, 0) is 4.79 Å². The first-order valence-electron chi connectivity index (χ1n) is 10.3. The van der Waals surface area contributed by atoms with Gasteiger partial charge in [-0.15, -0.1) is 0 Å². The molecule has 6 heteroatoms. The molecule has 1 saturated carbocycles. The summed E-state index contributed by atoms with van der Waals surface area (Å²) in [5.41, 5.74) is 0.703. The first-order chi connectivity index (χ1) is 13.3. The molecule has 1 N–H and O–H groups in total. The van der Waals surface area contributed by atoms with E-state index < -0.39 is 0 Å². The third-order valence-electron chi connectivity index (χ3n) is 5.85. The van der Waals surface area contributed by atoms with Crippen molar-refractivity contribution in [1.29, 1.82) is 0 Å². The van der Waals surface area contributed by atoms with E-state index in [9.17, 15) is 9.59 Å². The van der Waals surface area contributed by atoms with Crippen molar-refractivity contribution in [3.05, 3.63) is 34.6 Å². The zero-order chi connectivity index (χ0) is 20.4. The lowest BCUT2D eigenvalue weighted by Gasteiger charge is -2.36. The number of nitrogens with zero attached hydrogens (tertiary/aromatic N) is 2. The third-order valence-corrected chi connectivity index (χ3v) is 6.92. The Morgan fingerprint density at radius 1 is 1.21 bits per heavy atom. The van der Waals surface area contributed by atoms with E-state index in [0.29, 0.717) is 27.9 Å². The van der Waals surface area contributed by atoms with Crippen molar-refractivity contribution in [2.45, 2.75) is 76.4 Å². The normalized spacial score (nSPS) is 23.7. The molecule has 1 aromatic carbocycles. The summed E-state index contributed by atoms with van der Waals surface area (Å²) in [5, 5.41) is 3.94. The van der Waals surface area contributed by atoms with Crippen molar-refractivity contribution in [2.24, 2.45) is 11.8 Å². The molecular formula is C22H31N3O2S. The minimum absolute atomic E-state index is 0.00974. The molecule has 1 amide bonds. The van der Waals surface area contributed by atoms with E-state index in [1.165, 1.54) is 18.2 Å². The first-order valence-corrected chi connectivity index (χ1v) is 11.2. The number of hydrogen-bond acceptors (Lipinski definition) is 4. The van der Waals surface area contributed by atoms with Gasteiger partial charge in [0.25, 0.3) is 5.56 Å². The number of fused-ring (bicyclic) bond motifs is 1. The summed E-state index contributed by atoms with van der Waals surface area (Å²) in [6, 6.07) is 7.71. The second-order valence-corrected chi connectivity index (χ2v) is 9.65. The summed E-state index contributed by atoms with van der Waals surface area (Å²) >= 11 is 1.39. The third kappa shape index (κ3) is 4.27. The summed E-state index contributed by atoms with van der Waals surface area (Å²) in [4.78, 5) is 30.7. The molecule has 152 valence electrons. The van der Waals surface area contributed by atoms with Gasteiger partial charge in [-0.05, 0) is 51.2 Å². The SMILES string of the molecule is CC(C)NC(=O)[C@H](C)Sc1nc2ccccc2c(=O)n1[C@H]1CCC[C@@H](C)[C@H]1C. The van der Waals surface area contributed by atoms with E-state index in [-0.39, 0.29) is 28.8 Å². The van der Waals surface area contributed by atoms with Crippen molar-refractivity contribution in [2.75, 3.05) is 0 Å². The maximum Gasteiger partial charge on any atom is 0.262 e. The summed E-state index contributed by atoms with van der Waals surface area (Å²) in [6.07, 6.45) is 3.29. The molecule has 1 heterocycles. The molecule has 4 atom stereocenters. The standard InChI is InChI=1S/C22H31N3O2S/c1-13(2)23-20(26)16(5)28-22-24-18-11-7-6-10-17(18)21(27)25(22)19-12-8-9-14(3)15(19)4/h6-7,10-11,13-16,19H,8-9,12H2,1-5H3,(H,23,26)/t14-,15-,16+,19+/m1/s1. The van der Waals surface area contributed by atoms with Crippen molar-refractivity contribution < 1.29 is 4.79 Å². The van der Waals surface area contributed by atoms with Crippen LogP contribution >= 0.6 is 11.8 Å². The van der Waals surface area contributed by atoms with E-state index in [4.69, 9.17) is 4.98 Å². The van der Waals surface area contributed by atoms with Gasteiger partial charge in [0, 0.05) is 12.1 Å². The Morgan fingerprint density at radius 3 is 2.64 bits per heavy atom. The zero-order valence-corrected chi connectivity index (χ0v) is 18.3. The number of hydrogen-bond donors (Lipinski definition) is 1. The summed E-state index contributed by atoms with van der Waals surface area (Å²) in [5.74, 6) is 0.934. The van der Waals surface area contributed by atoms with E-state index in [1.807, 2.05) is 49.6 Å². The van der Waals surface area contributed by atoms with Crippen LogP contribution in [0, 0.1) is 11.8 Å². The maximum atomic E-state index is 13.4. The number of para-hydroxylation sites is 1. The van der Waals surface area contributed by atoms with E-state index >= 15 is 0 Å². The molecule has 2 aromatic rings. The lowest BCUT2D eigenvalue weighted by Crippen LogP contribution is -2.38. The largest absolute Gasteiger partial charge is 0.353 e. The summed E-state index contributed by atoms with van der Waals surface area (Å²) < 4.78 is 1.88. The smallest absolute Gasteiger partial charge is 0.262 e. The summed E-state index contributed by atoms with van der Waals surface area (Å²) in [6.45, 7) is 10.3. The number of benzene rings is 1. The topological polar surface area (TPSA) is 64.0 Å². The molecular weight excluding hydrogens is 370 g/mol. The van der Waals surface area contributed by atoms with Crippen LogP contribution in [0.15, 0.2) is 34.2 Å². The Bertz CT molecular complexity index is 908. The molecule has 1 aliphatic rings. The lowest BCUT2D eigenvalue weighted by atomic mass is 9.78. The molecule has 1 aromatic heterocycles. The van der Waals surface area contributed by atoms with Crippen LogP contribution in [0.25, 0.3) is 10.9 Å². The van der Waals surface area contributed by atoms with E-state index in [2.05, 4.69) is 19.2 Å². The predicted octanol–water partition coefficient (Wildman–Crippen LogP) is 4.40. The highest BCUT2D eigenvalue weighted by molar-refractivity contribution is 8.00. The number of aromatic nitrogens is 2. The Morgan fingerprint density at radius 2 is 1.93 bits per heavy atom. The molecule has 0 radical (unpaired) electrons. The van der Waals surface area contributed by atoms with Crippen molar-refractivity contribution >= 4 is 28.6 Å². The predicted molar refractivity (Wildman–Crippen MR) is 116 cm³/mol. The average molecular weight is 402 g/mol. The fourth-order valence-corrected chi connectivity index (χ4v) is 5.01. The number of carbonyl (C=O) groups is 1. The molecule has 0 spiro atoms. The van der Waals surface area contributed by atoms with Crippen LogP contribution in [0.2, 0.25) is 0 Å². The van der Waals surface area contributed by atoms with Gasteiger partial charge in [0.2, 0.25) is 5.91 Å². The molecule has 5 nitrogen and oxygen atoms in total. The van der Waals surface area contributed by atoms with Gasteiger partial charge in [-0.1, -0.05) is 50.6 Å².